The van der Waals surface area contributed by atoms with Crippen LogP contribution in [0.25, 0.3) is 0 Å². The van der Waals surface area contributed by atoms with Crippen LogP contribution in [0.3, 0.4) is 0 Å². The molecule has 0 bridgehead atoms. The molecule has 1 fully saturated rings. The molecule has 2 rings (SSSR count). The molecule has 1 aliphatic carbocycles. The molecule has 3 nitrogen and oxygen atoms in total. The van der Waals surface area contributed by atoms with Crippen molar-refractivity contribution in [1.29, 1.82) is 0 Å². The lowest BCUT2D eigenvalue weighted by atomic mass is 9.83. The summed E-state index contributed by atoms with van der Waals surface area (Å²) in [6, 6.07) is 0.998. The van der Waals surface area contributed by atoms with Gasteiger partial charge in [0, 0.05) is 14.5 Å². The predicted molar refractivity (Wildman–Crippen MR) is 74.3 cm³/mol. The number of ether oxygens (including phenoxy) is 2. The smallest absolute Gasteiger partial charge is 0.164 e. The SMILES string of the molecule is CC1(C)O[C@@H]2C(C[Si](C)(C)C)=CC(=O)C[C@]2(C)O1. The number of hydrogen-bond donors (Lipinski definition) is 0. The van der Waals surface area contributed by atoms with Crippen LogP contribution in [0, 0.1) is 0 Å². The molecule has 0 N–H and O–H groups in total. The van der Waals surface area contributed by atoms with Crippen molar-refractivity contribution in [2.45, 2.75) is 70.4 Å². The number of carbonyl (C=O) groups is 1. The number of hydrogen-bond acceptors (Lipinski definition) is 3. The van der Waals surface area contributed by atoms with Gasteiger partial charge in [-0.25, -0.2) is 0 Å². The minimum atomic E-state index is -1.27. The van der Waals surface area contributed by atoms with E-state index in [0.717, 1.165) is 11.6 Å². The van der Waals surface area contributed by atoms with E-state index >= 15 is 0 Å². The Morgan fingerprint density at radius 3 is 2.50 bits per heavy atom. The van der Waals surface area contributed by atoms with Crippen LogP contribution in [0.15, 0.2) is 11.6 Å². The average molecular weight is 268 g/mol. The van der Waals surface area contributed by atoms with Crippen LogP contribution in [0.4, 0.5) is 0 Å². The quantitative estimate of drug-likeness (QED) is 0.722. The number of carbonyl (C=O) groups excluding carboxylic acids is 1. The highest BCUT2D eigenvalue weighted by atomic mass is 28.3. The van der Waals surface area contributed by atoms with Crippen molar-refractivity contribution in [2.75, 3.05) is 0 Å². The van der Waals surface area contributed by atoms with Crippen LogP contribution >= 0.6 is 0 Å². The standard InChI is InChI=1S/C14H24O3Si/c1-13(2)16-12-10(9-18(4,5)6)7-11(15)8-14(12,3)17-13/h7,12H,8-9H2,1-6H3/t12-,14+/m1/s1. The van der Waals surface area contributed by atoms with Crippen molar-refractivity contribution < 1.29 is 14.3 Å². The number of fused-ring (bicyclic) bond motifs is 1. The van der Waals surface area contributed by atoms with Gasteiger partial charge in [-0.15, -0.1) is 0 Å². The summed E-state index contributed by atoms with van der Waals surface area (Å²) in [5, 5.41) is 0. The Kier molecular flexibility index (Phi) is 3.12. The second-order valence-electron chi connectivity index (χ2n) is 7.41. The van der Waals surface area contributed by atoms with E-state index in [1.54, 1.807) is 6.08 Å². The summed E-state index contributed by atoms with van der Waals surface area (Å²) < 4.78 is 12.0. The van der Waals surface area contributed by atoms with E-state index in [2.05, 4.69) is 19.6 Å². The van der Waals surface area contributed by atoms with Crippen molar-refractivity contribution in [1.82, 2.24) is 0 Å². The normalized spacial score (nSPS) is 35.3. The zero-order valence-corrected chi connectivity index (χ0v) is 13.3. The van der Waals surface area contributed by atoms with Gasteiger partial charge >= 0.3 is 0 Å². The van der Waals surface area contributed by atoms with E-state index in [-0.39, 0.29) is 11.9 Å². The van der Waals surface area contributed by atoms with Crippen LogP contribution in [0.5, 0.6) is 0 Å². The highest BCUT2D eigenvalue weighted by Gasteiger charge is 2.54. The van der Waals surface area contributed by atoms with E-state index in [1.807, 2.05) is 20.8 Å². The number of allylic oxidation sites excluding steroid dienone is 1. The molecular weight excluding hydrogens is 244 g/mol. The molecule has 1 aliphatic heterocycles. The molecule has 0 spiro atoms. The van der Waals surface area contributed by atoms with Gasteiger partial charge in [-0.1, -0.05) is 19.6 Å². The Morgan fingerprint density at radius 1 is 1.33 bits per heavy atom. The summed E-state index contributed by atoms with van der Waals surface area (Å²) >= 11 is 0. The molecule has 0 unspecified atom stereocenters. The molecule has 2 atom stereocenters. The summed E-state index contributed by atoms with van der Waals surface area (Å²) in [5.74, 6) is -0.425. The van der Waals surface area contributed by atoms with E-state index in [9.17, 15) is 4.79 Å². The molecular formula is C14H24O3Si. The highest BCUT2D eigenvalue weighted by molar-refractivity contribution is 6.76. The van der Waals surface area contributed by atoms with Crippen molar-refractivity contribution in [3.8, 4) is 0 Å². The minimum Gasteiger partial charge on any atom is -0.341 e. The van der Waals surface area contributed by atoms with Crippen molar-refractivity contribution in [3.05, 3.63) is 11.6 Å². The predicted octanol–water partition coefficient (Wildman–Crippen LogP) is 3.13. The van der Waals surface area contributed by atoms with E-state index in [0.29, 0.717) is 6.42 Å². The molecule has 4 heteroatoms. The zero-order chi connectivity index (χ0) is 13.8. The molecule has 1 saturated heterocycles. The largest absolute Gasteiger partial charge is 0.341 e. The maximum atomic E-state index is 11.9. The fraction of sp³-hybridized carbons (Fsp3) is 0.786. The second-order valence-corrected chi connectivity index (χ2v) is 12.9. The third-order valence-electron chi connectivity index (χ3n) is 3.38. The van der Waals surface area contributed by atoms with Gasteiger partial charge in [-0.3, -0.25) is 4.79 Å². The Balaban J connectivity index is 2.32. The fourth-order valence-corrected chi connectivity index (χ4v) is 4.59. The first-order valence-electron chi connectivity index (χ1n) is 6.62. The summed E-state index contributed by atoms with van der Waals surface area (Å²) in [4.78, 5) is 11.9. The van der Waals surface area contributed by atoms with Crippen LogP contribution in [0.2, 0.25) is 25.7 Å². The van der Waals surface area contributed by atoms with Gasteiger partial charge < -0.3 is 9.47 Å². The fourth-order valence-electron chi connectivity index (χ4n) is 3.08. The van der Waals surface area contributed by atoms with Crippen LogP contribution in [-0.4, -0.2) is 31.3 Å². The molecule has 0 aromatic heterocycles. The molecule has 0 aromatic carbocycles. The van der Waals surface area contributed by atoms with Crippen molar-refractivity contribution in [3.63, 3.8) is 0 Å². The van der Waals surface area contributed by atoms with E-state index < -0.39 is 19.5 Å². The maximum Gasteiger partial charge on any atom is 0.164 e. The lowest BCUT2D eigenvalue weighted by Crippen LogP contribution is -2.44. The van der Waals surface area contributed by atoms with Gasteiger partial charge in [-0.05, 0) is 38.5 Å². The van der Waals surface area contributed by atoms with Gasteiger partial charge in [0.1, 0.15) is 11.7 Å². The summed E-state index contributed by atoms with van der Waals surface area (Å²) in [6.45, 7) is 12.8. The molecule has 102 valence electrons. The third kappa shape index (κ3) is 2.76. The lowest BCUT2D eigenvalue weighted by molar-refractivity contribution is -0.161. The van der Waals surface area contributed by atoms with Crippen LogP contribution in [0.1, 0.15) is 27.2 Å². The second kappa shape index (κ2) is 4.02. The maximum absolute atomic E-state index is 11.9. The van der Waals surface area contributed by atoms with Crippen molar-refractivity contribution >= 4 is 13.9 Å². The average Bonchev–Trinajstić information content (AvgIpc) is 2.30. The molecule has 1 heterocycles. The Labute approximate surface area is 111 Å². The van der Waals surface area contributed by atoms with Gasteiger partial charge in [-0.2, -0.15) is 0 Å². The minimum absolute atomic E-state index is 0.0584. The first-order valence-corrected chi connectivity index (χ1v) is 10.3. The number of rotatable bonds is 2. The lowest BCUT2D eigenvalue weighted by Gasteiger charge is -2.34. The van der Waals surface area contributed by atoms with Crippen LogP contribution < -0.4 is 0 Å². The molecule has 2 aliphatic rings. The molecule has 0 radical (unpaired) electrons. The van der Waals surface area contributed by atoms with E-state index in [4.69, 9.17) is 9.47 Å². The summed E-state index contributed by atoms with van der Waals surface area (Å²) in [6.07, 6.45) is 2.17. The summed E-state index contributed by atoms with van der Waals surface area (Å²) in [5.41, 5.74) is 0.656. The van der Waals surface area contributed by atoms with E-state index in [1.165, 1.54) is 0 Å². The van der Waals surface area contributed by atoms with Crippen LogP contribution in [-0.2, 0) is 14.3 Å². The van der Waals surface area contributed by atoms with Gasteiger partial charge in [0.05, 0.1) is 0 Å². The Bertz CT molecular complexity index is 406. The topological polar surface area (TPSA) is 35.5 Å². The van der Waals surface area contributed by atoms with Crippen molar-refractivity contribution in [2.24, 2.45) is 0 Å². The van der Waals surface area contributed by atoms with Gasteiger partial charge in [0.2, 0.25) is 0 Å². The first kappa shape index (κ1) is 14.0. The molecule has 0 aromatic rings. The highest BCUT2D eigenvalue weighted by Crippen LogP contribution is 2.45. The number of ketones is 1. The third-order valence-corrected chi connectivity index (χ3v) is 4.85. The monoisotopic (exact) mass is 268 g/mol. The van der Waals surface area contributed by atoms with Gasteiger partial charge in [0.25, 0.3) is 0 Å². The molecule has 0 saturated carbocycles. The Morgan fingerprint density at radius 2 is 1.94 bits per heavy atom. The summed E-state index contributed by atoms with van der Waals surface area (Å²) in [7, 11) is -1.27. The molecule has 18 heavy (non-hydrogen) atoms. The zero-order valence-electron chi connectivity index (χ0n) is 12.3. The first-order chi connectivity index (χ1) is 8.01. The Hall–Kier alpha value is -0.453. The van der Waals surface area contributed by atoms with Gasteiger partial charge in [0.15, 0.2) is 11.6 Å². The molecule has 0 amide bonds.